The molecule has 1 aromatic heterocycles. The number of hydrogen-bond donors (Lipinski definition) is 2. The van der Waals surface area contributed by atoms with Crippen molar-refractivity contribution in [2.75, 3.05) is 11.3 Å². The van der Waals surface area contributed by atoms with Crippen molar-refractivity contribution in [3.8, 4) is 5.75 Å². The topological polar surface area (TPSA) is 84.1 Å². The highest BCUT2D eigenvalue weighted by atomic mass is 32.2. The fourth-order valence-corrected chi connectivity index (χ4v) is 3.61. The monoisotopic (exact) mass is 327 g/mol. The van der Waals surface area contributed by atoms with Gasteiger partial charge in [-0.2, -0.15) is 5.10 Å². The van der Waals surface area contributed by atoms with Crippen LogP contribution >= 0.6 is 0 Å². The number of anilines is 1. The van der Waals surface area contributed by atoms with Gasteiger partial charge in [0.1, 0.15) is 17.3 Å². The number of para-hydroxylation sites is 1. The molecule has 0 aliphatic carbocycles. The van der Waals surface area contributed by atoms with E-state index in [4.69, 9.17) is 4.74 Å². The predicted molar refractivity (Wildman–Crippen MR) is 88.6 cm³/mol. The fourth-order valence-electron chi connectivity index (χ4n) is 2.52. The first kappa shape index (κ1) is 13.8. The Morgan fingerprint density at radius 1 is 1.13 bits per heavy atom. The standard InChI is InChI=1S/C16H13N3O3S/c20-23(21,12-8-11-4-1-2-7-16(11)22-10-12)19-15-6-3-5-14-13(15)9-17-18-14/h1-9,19H,10H2,(H,17,18). The Bertz CT molecular complexity index is 1020. The highest BCUT2D eigenvalue weighted by Crippen LogP contribution is 2.29. The molecule has 0 unspecified atom stereocenters. The Labute approximate surface area is 132 Å². The van der Waals surface area contributed by atoms with Gasteiger partial charge in [0, 0.05) is 10.9 Å². The van der Waals surface area contributed by atoms with Gasteiger partial charge in [-0.05, 0) is 24.3 Å². The summed E-state index contributed by atoms with van der Waals surface area (Å²) < 4.78 is 33.4. The Hall–Kier alpha value is -2.80. The number of benzene rings is 2. The number of aromatic nitrogens is 2. The van der Waals surface area contributed by atoms with Crippen LogP contribution < -0.4 is 9.46 Å². The van der Waals surface area contributed by atoms with Crippen molar-refractivity contribution in [3.63, 3.8) is 0 Å². The Morgan fingerprint density at radius 3 is 2.91 bits per heavy atom. The lowest BCUT2D eigenvalue weighted by atomic mass is 10.1. The maximum absolute atomic E-state index is 12.6. The number of rotatable bonds is 3. The summed E-state index contributed by atoms with van der Waals surface area (Å²) >= 11 is 0. The second-order valence-corrected chi connectivity index (χ2v) is 6.91. The SMILES string of the molecule is O=S(=O)(Nc1cccc2[nH]ncc12)C1=Cc2ccccc2OC1. The van der Waals surface area contributed by atoms with Crippen molar-refractivity contribution in [3.05, 3.63) is 59.1 Å². The van der Waals surface area contributed by atoms with Crippen LogP contribution in [0.4, 0.5) is 5.69 Å². The molecule has 6 nitrogen and oxygen atoms in total. The molecule has 23 heavy (non-hydrogen) atoms. The summed E-state index contributed by atoms with van der Waals surface area (Å²) in [5.41, 5.74) is 2.00. The molecule has 7 heteroatoms. The second kappa shape index (κ2) is 5.13. The minimum absolute atomic E-state index is 0.00765. The van der Waals surface area contributed by atoms with Crippen LogP contribution in [0.3, 0.4) is 0 Å². The van der Waals surface area contributed by atoms with E-state index in [1.54, 1.807) is 24.4 Å². The Balaban J connectivity index is 1.72. The molecule has 4 rings (SSSR count). The minimum atomic E-state index is -3.70. The third-order valence-corrected chi connectivity index (χ3v) is 5.09. The van der Waals surface area contributed by atoms with E-state index >= 15 is 0 Å². The highest BCUT2D eigenvalue weighted by molar-refractivity contribution is 7.96. The zero-order chi connectivity index (χ0) is 15.9. The van der Waals surface area contributed by atoms with Crippen molar-refractivity contribution < 1.29 is 13.2 Å². The van der Waals surface area contributed by atoms with Crippen molar-refractivity contribution in [2.24, 2.45) is 0 Å². The van der Waals surface area contributed by atoms with E-state index in [1.165, 1.54) is 0 Å². The molecule has 1 aliphatic heterocycles. The summed E-state index contributed by atoms with van der Waals surface area (Å²) in [6, 6.07) is 12.6. The van der Waals surface area contributed by atoms with E-state index in [0.29, 0.717) is 16.8 Å². The average molecular weight is 327 g/mol. The van der Waals surface area contributed by atoms with Gasteiger partial charge in [0.15, 0.2) is 0 Å². The van der Waals surface area contributed by atoms with Crippen LogP contribution in [-0.4, -0.2) is 25.2 Å². The van der Waals surface area contributed by atoms with Crippen LogP contribution in [0.15, 0.2) is 53.6 Å². The largest absolute Gasteiger partial charge is 0.487 e. The molecule has 0 saturated heterocycles. The molecule has 0 spiro atoms. The highest BCUT2D eigenvalue weighted by Gasteiger charge is 2.23. The first-order valence-corrected chi connectivity index (χ1v) is 8.49. The molecule has 1 aliphatic rings. The van der Waals surface area contributed by atoms with Gasteiger partial charge in [-0.3, -0.25) is 9.82 Å². The summed E-state index contributed by atoms with van der Waals surface area (Å²) in [6.07, 6.45) is 3.23. The molecule has 2 heterocycles. The van der Waals surface area contributed by atoms with Crippen LogP contribution in [0.25, 0.3) is 17.0 Å². The molecule has 2 N–H and O–H groups in total. The van der Waals surface area contributed by atoms with Gasteiger partial charge in [0.2, 0.25) is 0 Å². The van der Waals surface area contributed by atoms with E-state index in [0.717, 1.165) is 11.1 Å². The quantitative estimate of drug-likeness (QED) is 0.775. The first-order valence-electron chi connectivity index (χ1n) is 7.01. The van der Waals surface area contributed by atoms with Crippen LogP contribution in [-0.2, 0) is 10.0 Å². The molecule has 3 aromatic rings. The lowest BCUT2D eigenvalue weighted by Crippen LogP contribution is -2.21. The van der Waals surface area contributed by atoms with Crippen LogP contribution in [0.2, 0.25) is 0 Å². The van der Waals surface area contributed by atoms with Crippen LogP contribution in [0.5, 0.6) is 5.75 Å². The minimum Gasteiger partial charge on any atom is -0.487 e. The average Bonchev–Trinajstić information content (AvgIpc) is 3.04. The summed E-state index contributed by atoms with van der Waals surface area (Å²) in [7, 11) is -3.70. The van der Waals surface area contributed by atoms with E-state index in [-0.39, 0.29) is 11.5 Å². The van der Waals surface area contributed by atoms with Crippen molar-refractivity contribution in [1.82, 2.24) is 10.2 Å². The van der Waals surface area contributed by atoms with Gasteiger partial charge < -0.3 is 4.74 Å². The molecule has 116 valence electrons. The molecule has 0 fully saturated rings. The smallest absolute Gasteiger partial charge is 0.261 e. The Morgan fingerprint density at radius 2 is 2.00 bits per heavy atom. The number of fused-ring (bicyclic) bond motifs is 2. The lowest BCUT2D eigenvalue weighted by Gasteiger charge is -2.18. The van der Waals surface area contributed by atoms with Gasteiger partial charge in [-0.15, -0.1) is 0 Å². The number of nitrogens with one attached hydrogen (secondary N) is 2. The summed E-state index contributed by atoms with van der Waals surface area (Å²) in [4.78, 5) is 0.191. The number of sulfonamides is 1. The maximum atomic E-state index is 12.6. The first-order chi connectivity index (χ1) is 11.1. The third-order valence-electron chi connectivity index (χ3n) is 3.68. The number of H-pyrrole nitrogens is 1. The van der Waals surface area contributed by atoms with Gasteiger partial charge in [0.25, 0.3) is 10.0 Å². The zero-order valence-corrected chi connectivity index (χ0v) is 12.8. The summed E-state index contributed by atoms with van der Waals surface area (Å²) in [5, 5.41) is 7.47. The van der Waals surface area contributed by atoms with Gasteiger partial charge >= 0.3 is 0 Å². The van der Waals surface area contributed by atoms with E-state index in [9.17, 15) is 8.42 Å². The maximum Gasteiger partial charge on any atom is 0.261 e. The van der Waals surface area contributed by atoms with Crippen molar-refractivity contribution in [2.45, 2.75) is 0 Å². The van der Waals surface area contributed by atoms with E-state index in [2.05, 4.69) is 14.9 Å². The van der Waals surface area contributed by atoms with E-state index in [1.807, 2.05) is 30.3 Å². The third kappa shape index (κ3) is 2.44. The molecule has 0 radical (unpaired) electrons. The summed E-state index contributed by atoms with van der Waals surface area (Å²) in [5.74, 6) is 0.684. The van der Waals surface area contributed by atoms with Crippen molar-refractivity contribution >= 4 is 32.7 Å². The molecule has 0 bridgehead atoms. The molecular weight excluding hydrogens is 314 g/mol. The van der Waals surface area contributed by atoms with E-state index < -0.39 is 10.0 Å². The summed E-state index contributed by atoms with van der Waals surface area (Å²) in [6.45, 7) is 0.00765. The van der Waals surface area contributed by atoms with Crippen molar-refractivity contribution in [1.29, 1.82) is 0 Å². The zero-order valence-electron chi connectivity index (χ0n) is 12.0. The second-order valence-electron chi connectivity index (χ2n) is 5.18. The number of aromatic amines is 1. The molecular formula is C16H13N3O3S. The predicted octanol–water partition coefficient (Wildman–Crippen LogP) is 2.74. The normalized spacial score (nSPS) is 14.0. The number of ether oxygens (including phenoxy) is 1. The van der Waals surface area contributed by atoms with Gasteiger partial charge in [0.05, 0.1) is 17.4 Å². The van der Waals surface area contributed by atoms with Gasteiger partial charge in [-0.25, -0.2) is 8.42 Å². The molecule has 0 saturated carbocycles. The molecule has 0 amide bonds. The fraction of sp³-hybridized carbons (Fsp3) is 0.0625. The lowest BCUT2D eigenvalue weighted by molar-refractivity contribution is 0.353. The Kier molecular flexibility index (Phi) is 3.09. The van der Waals surface area contributed by atoms with Crippen LogP contribution in [0, 0.1) is 0 Å². The number of nitrogens with zero attached hydrogens (tertiary/aromatic N) is 1. The van der Waals surface area contributed by atoms with Crippen LogP contribution in [0.1, 0.15) is 5.56 Å². The number of hydrogen-bond acceptors (Lipinski definition) is 4. The van der Waals surface area contributed by atoms with Gasteiger partial charge in [-0.1, -0.05) is 24.3 Å². The molecule has 0 atom stereocenters. The molecule has 2 aromatic carbocycles.